The Balaban J connectivity index is 2.11. The fraction of sp³-hybridized carbons (Fsp3) is 0.312. The van der Waals surface area contributed by atoms with E-state index in [1.165, 1.54) is 0 Å². The van der Waals surface area contributed by atoms with Gasteiger partial charge in [0.1, 0.15) is 17.4 Å². The molecular weight excluding hydrogens is 264 g/mol. The van der Waals surface area contributed by atoms with Crippen molar-refractivity contribution < 1.29 is 4.74 Å². The van der Waals surface area contributed by atoms with Gasteiger partial charge in [-0.3, -0.25) is 0 Å². The van der Waals surface area contributed by atoms with E-state index in [1.54, 1.807) is 6.07 Å². The number of hydrogen-bond acceptors (Lipinski definition) is 5. The van der Waals surface area contributed by atoms with E-state index in [2.05, 4.69) is 28.3 Å². The molecule has 1 aromatic heterocycles. The minimum absolute atomic E-state index is 0.401. The monoisotopic (exact) mass is 282 g/mol. The first-order chi connectivity index (χ1) is 10.2. The van der Waals surface area contributed by atoms with Gasteiger partial charge in [-0.2, -0.15) is 10.2 Å². The predicted octanol–water partition coefficient (Wildman–Crippen LogP) is 3.47. The summed E-state index contributed by atoms with van der Waals surface area (Å²) in [5.41, 5.74) is 0.967. The highest BCUT2D eigenvalue weighted by Gasteiger charge is 2.04. The van der Waals surface area contributed by atoms with E-state index in [0.29, 0.717) is 23.9 Å². The van der Waals surface area contributed by atoms with Crippen molar-refractivity contribution in [3.63, 3.8) is 0 Å². The van der Waals surface area contributed by atoms with Crippen molar-refractivity contribution in [2.45, 2.75) is 26.7 Å². The molecule has 0 saturated heterocycles. The normalized spacial score (nSPS) is 9.95. The molecule has 0 aliphatic rings. The van der Waals surface area contributed by atoms with Crippen LogP contribution in [0.15, 0.2) is 30.3 Å². The highest BCUT2D eigenvalue weighted by molar-refractivity contribution is 5.40. The molecule has 5 nitrogen and oxygen atoms in total. The number of ether oxygens (including phenoxy) is 1. The molecule has 1 aromatic carbocycles. The number of nitrogens with zero attached hydrogens (tertiary/aromatic N) is 3. The highest BCUT2D eigenvalue weighted by atomic mass is 16.5. The molecule has 0 aliphatic heterocycles. The predicted molar refractivity (Wildman–Crippen MR) is 81.4 cm³/mol. The molecule has 0 unspecified atom stereocenters. The Morgan fingerprint density at radius 3 is 2.67 bits per heavy atom. The molecule has 1 heterocycles. The number of rotatable bonds is 6. The van der Waals surface area contributed by atoms with Gasteiger partial charge in [0.15, 0.2) is 0 Å². The summed E-state index contributed by atoms with van der Waals surface area (Å²) in [6.45, 7) is 4.79. The topological polar surface area (TPSA) is 70.8 Å². The van der Waals surface area contributed by atoms with Gasteiger partial charge in [-0.25, -0.2) is 4.98 Å². The van der Waals surface area contributed by atoms with Crippen molar-refractivity contribution in [3.8, 4) is 17.7 Å². The zero-order valence-corrected chi connectivity index (χ0v) is 12.3. The first-order valence-electron chi connectivity index (χ1n) is 6.94. The van der Waals surface area contributed by atoms with Crippen molar-refractivity contribution in [2.24, 2.45) is 0 Å². The average molecular weight is 282 g/mol. The minimum atomic E-state index is 0.401. The van der Waals surface area contributed by atoms with Gasteiger partial charge in [-0.05, 0) is 31.0 Å². The van der Waals surface area contributed by atoms with Crippen LogP contribution in [0.1, 0.15) is 24.7 Å². The molecule has 0 fully saturated rings. The second kappa shape index (κ2) is 7.25. The lowest BCUT2D eigenvalue weighted by Gasteiger charge is -2.09. The molecule has 0 bridgehead atoms. The Kier molecular flexibility index (Phi) is 5.10. The Morgan fingerprint density at radius 1 is 1.24 bits per heavy atom. The van der Waals surface area contributed by atoms with Crippen LogP contribution in [0.4, 0.5) is 5.82 Å². The van der Waals surface area contributed by atoms with Crippen molar-refractivity contribution in [2.75, 3.05) is 11.9 Å². The van der Waals surface area contributed by atoms with Gasteiger partial charge < -0.3 is 10.1 Å². The lowest BCUT2D eigenvalue weighted by molar-refractivity contribution is 0.460. The van der Waals surface area contributed by atoms with Gasteiger partial charge in [0.05, 0.1) is 12.5 Å². The van der Waals surface area contributed by atoms with Crippen LogP contribution in [0.2, 0.25) is 0 Å². The number of anilines is 1. The second-order valence-corrected chi connectivity index (χ2v) is 4.65. The molecule has 2 aromatic rings. The number of benzene rings is 1. The van der Waals surface area contributed by atoms with Crippen molar-refractivity contribution in [1.82, 2.24) is 9.97 Å². The first-order valence-corrected chi connectivity index (χ1v) is 6.94. The Hall–Kier alpha value is -2.61. The molecule has 5 heteroatoms. The van der Waals surface area contributed by atoms with Crippen LogP contribution in [0.25, 0.3) is 0 Å². The molecule has 0 amide bonds. The molecule has 1 N–H and O–H groups in total. The standard InChI is InChI=1S/C16H18N4O/c1-3-10-18-15-11-16(20-12(2)19-15)21-14-6-4-13(5-7-14)8-9-17/h4-7,11H,3,8,10H2,1-2H3,(H,18,19,20). The highest BCUT2D eigenvalue weighted by Crippen LogP contribution is 2.22. The van der Waals surface area contributed by atoms with Crippen molar-refractivity contribution in [3.05, 3.63) is 41.7 Å². The third kappa shape index (κ3) is 4.46. The second-order valence-electron chi connectivity index (χ2n) is 4.65. The van der Waals surface area contributed by atoms with Crippen LogP contribution in [-0.4, -0.2) is 16.5 Å². The number of nitriles is 1. The van der Waals surface area contributed by atoms with Crippen LogP contribution < -0.4 is 10.1 Å². The fourth-order valence-corrected chi connectivity index (χ4v) is 1.82. The molecule has 21 heavy (non-hydrogen) atoms. The van der Waals surface area contributed by atoms with Gasteiger partial charge in [-0.15, -0.1) is 0 Å². The summed E-state index contributed by atoms with van der Waals surface area (Å²) >= 11 is 0. The molecule has 0 aliphatic carbocycles. The third-order valence-electron chi connectivity index (χ3n) is 2.80. The lowest BCUT2D eigenvalue weighted by atomic mass is 10.2. The smallest absolute Gasteiger partial charge is 0.224 e. The van der Waals surface area contributed by atoms with Crippen LogP contribution in [0, 0.1) is 18.3 Å². The fourth-order valence-electron chi connectivity index (χ4n) is 1.82. The summed E-state index contributed by atoms with van der Waals surface area (Å²) in [7, 11) is 0. The van der Waals surface area contributed by atoms with E-state index in [1.807, 2.05) is 31.2 Å². The van der Waals surface area contributed by atoms with E-state index in [-0.39, 0.29) is 0 Å². The van der Waals surface area contributed by atoms with Crippen LogP contribution in [0.3, 0.4) is 0 Å². The summed E-state index contributed by atoms with van der Waals surface area (Å²) in [4.78, 5) is 8.58. The summed E-state index contributed by atoms with van der Waals surface area (Å²) in [6, 6.07) is 11.3. The molecular formula is C16H18N4O. The summed E-state index contributed by atoms with van der Waals surface area (Å²) in [5, 5.41) is 11.9. The number of aryl methyl sites for hydroxylation is 1. The molecule has 0 atom stereocenters. The quantitative estimate of drug-likeness (QED) is 0.878. The van der Waals surface area contributed by atoms with Crippen molar-refractivity contribution in [1.29, 1.82) is 5.26 Å². The molecule has 108 valence electrons. The number of nitrogens with one attached hydrogen (secondary N) is 1. The zero-order chi connectivity index (χ0) is 15.1. The SMILES string of the molecule is CCCNc1cc(Oc2ccc(CC#N)cc2)nc(C)n1. The van der Waals surface area contributed by atoms with Gasteiger partial charge >= 0.3 is 0 Å². The third-order valence-corrected chi connectivity index (χ3v) is 2.80. The molecule has 0 radical (unpaired) electrons. The maximum atomic E-state index is 8.65. The number of hydrogen-bond donors (Lipinski definition) is 1. The van der Waals surface area contributed by atoms with Gasteiger partial charge in [0.2, 0.25) is 5.88 Å². The average Bonchev–Trinajstić information content (AvgIpc) is 2.47. The van der Waals surface area contributed by atoms with Gasteiger partial charge in [0, 0.05) is 12.6 Å². The lowest BCUT2D eigenvalue weighted by Crippen LogP contribution is -2.04. The Morgan fingerprint density at radius 2 is 2.00 bits per heavy atom. The van der Waals surface area contributed by atoms with Gasteiger partial charge in [-0.1, -0.05) is 19.1 Å². The molecule has 2 rings (SSSR count). The Bertz CT molecular complexity index is 632. The molecule has 0 spiro atoms. The van der Waals surface area contributed by atoms with Crippen LogP contribution in [0.5, 0.6) is 11.6 Å². The summed E-state index contributed by atoms with van der Waals surface area (Å²) in [5.74, 6) is 2.62. The molecule has 0 saturated carbocycles. The zero-order valence-electron chi connectivity index (χ0n) is 12.3. The first kappa shape index (κ1) is 14.8. The number of aromatic nitrogens is 2. The Labute approximate surface area is 124 Å². The van der Waals surface area contributed by atoms with E-state index < -0.39 is 0 Å². The maximum absolute atomic E-state index is 8.65. The largest absolute Gasteiger partial charge is 0.439 e. The van der Waals surface area contributed by atoms with Crippen LogP contribution in [-0.2, 0) is 6.42 Å². The van der Waals surface area contributed by atoms with Crippen LogP contribution >= 0.6 is 0 Å². The van der Waals surface area contributed by atoms with Crippen molar-refractivity contribution >= 4 is 5.82 Å². The van der Waals surface area contributed by atoms with E-state index >= 15 is 0 Å². The maximum Gasteiger partial charge on any atom is 0.224 e. The van der Waals surface area contributed by atoms with E-state index in [4.69, 9.17) is 10.00 Å². The summed E-state index contributed by atoms with van der Waals surface area (Å²) in [6.07, 6.45) is 1.43. The minimum Gasteiger partial charge on any atom is -0.439 e. The van der Waals surface area contributed by atoms with E-state index in [0.717, 1.165) is 24.3 Å². The summed E-state index contributed by atoms with van der Waals surface area (Å²) < 4.78 is 5.74. The van der Waals surface area contributed by atoms with E-state index in [9.17, 15) is 0 Å². The van der Waals surface area contributed by atoms with Gasteiger partial charge in [0.25, 0.3) is 0 Å².